The van der Waals surface area contributed by atoms with E-state index in [0.29, 0.717) is 48.9 Å². The first kappa shape index (κ1) is 48.1. The Balaban J connectivity index is 0.750. The lowest BCUT2D eigenvalue weighted by molar-refractivity contribution is -0.169. The highest BCUT2D eigenvalue weighted by Crippen LogP contribution is 2.34. The number of aromatic nitrogens is 2. The summed E-state index contributed by atoms with van der Waals surface area (Å²) >= 11 is 0. The predicted octanol–water partition coefficient (Wildman–Crippen LogP) is 10.8. The van der Waals surface area contributed by atoms with Crippen molar-refractivity contribution < 1.29 is 38.0 Å². The third-order valence-corrected chi connectivity index (χ3v) is 13.9. The largest absolute Gasteiger partial charge is 0.496 e. The van der Waals surface area contributed by atoms with Crippen molar-refractivity contribution in [1.29, 1.82) is 0 Å². The van der Waals surface area contributed by atoms with Gasteiger partial charge in [0.1, 0.15) is 49.4 Å². The van der Waals surface area contributed by atoms with Crippen LogP contribution in [0.25, 0.3) is 44.3 Å². The van der Waals surface area contributed by atoms with Crippen molar-refractivity contribution in [2.24, 2.45) is 0 Å². The Bertz CT molecular complexity index is 2920. The molecule has 0 bridgehead atoms. The van der Waals surface area contributed by atoms with Gasteiger partial charge in [0.05, 0.1) is 14.2 Å². The fraction of sp³-hybridized carbons (Fsp3) is 0.300. The van der Waals surface area contributed by atoms with Crippen molar-refractivity contribution in [1.82, 2.24) is 18.9 Å². The van der Waals surface area contributed by atoms with Crippen molar-refractivity contribution in [3.8, 4) is 45.5 Å². The molecule has 370 valence electrons. The van der Waals surface area contributed by atoms with Crippen LogP contribution in [0.15, 0.2) is 146 Å². The number of nitrogens with zero attached hydrogens (tertiary/aromatic N) is 4. The zero-order valence-electron chi connectivity index (χ0n) is 41.2. The Morgan fingerprint density at radius 1 is 0.472 bits per heavy atom. The summed E-state index contributed by atoms with van der Waals surface area (Å²) in [6.45, 7) is 8.66. The lowest BCUT2D eigenvalue weighted by Gasteiger charge is -2.16. The molecule has 8 aromatic rings. The number of likely N-dealkylation sites (tertiary alicyclic amines) is 2. The molecule has 2 saturated heterocycles. The number of rotatable bonds is 20. The van der Waals surface area contributed by atoms with Gasteiger partial charge < -0.3 is 37.6 Å². The van der Waals surface area contributed by atoms with E-state index >= 15 is 0 Å². The Kier molecular flexibility index (Phi) is 15.2. The molecular weight excluding hydrogens is 905 g/mol. The quantitative estimate of drug-likeness (QED) is 0.0541. The summed E-state index contributed by atoms with van der Waals surface area (Å²) in [5.41, 5.74) is 9.75. The van der Waals surface area contributed by atoms with Gasteiger partial charge in [-0.1, -0.05) is 60.7 Å². The molecule has 72 heavy (non-hydrogen) atoms. The highest BCUT2D eigenvalue weighted by Gasteiger charge is 2.21. The maximum Gasteiger partial charge on any atom is 0.417 e. The van der Waals surface area contributed by atoms with Crippen molar-refractivity contribution in [3.63, 3.8) is 0 Å². The van der Waals surface area contributed by atoms with Gasteiger partial charge in [0, 0.05) is 70.5 Å². The first-order chi connectivity index (χ1) is 35.4. The van der Waals surface area contributed by atoms with Crippen molar-refractivity contribution in [2.45, 2.75) is 52.0 Å². The van der Waals surface area contributed by atoms with E-state index in [9.17, 15) is 9.59 Å². The Labute approximate surface area is 421 Å². The molecule has 4 heterocycles. The lowest BCUT2D eigenvalue weighted by atomic mass is 10.1. The minimum atomic E-state index is -1.10. The first-order valence-corrected chi connectivity index (χ1v) is 25.1. The molecule has 0 aliphatic carbocycles. The van der Waals surface area contributed by atoms with E-state index in [0.717, 1.165) is 106 Å². The van der Waals surface area contributed by atoms with E-state index in [2.05, 4.69) is 79.6 Å². The van der Waals surface area contributed by atoms with Crippen molar-refractivity contribution in [2.75, 3.05) is 66.7 Å². The second-order valence-corrected chi connectivity index (χ2v) is 18.6. The molecule has 12 heteroatoms. The fourth-order valence-electron chi connectivity index (χ4n) is 10.1. The number of carbonyl (C=O) groups is 2. The second kappa shape index (κ2) is 22.7. The van der Waals surface area contributed by atoms with Gasteiger partial charge in [-0.05, 0) is 159 Å². The van der Waals surface area contributed by atoms with Crippen molar-refractivity contribution >= 4 is 33.7 Å². The zero-order chi connectivity index (χ0) is 49.2. The molecule has 2 aliphatic rings. The average Bonchev–Trinajstić information content (AvgIpc) is 4.27. The number of ether oxygens (including phenoxy) is 6. The van der Waals surface area contributed by atoms with Crippen LogP contribution in [0.5, 0.6) is 23.0 Å². The maximum atomic E-state index is 13.0. The van der Waals surface area contributed by atoms with Crippen LogP contribution in [0, 0.1) is 0 Å². The molecule has 2 fully saturated rings. The van der Waals surface area contributed by atoms with Gasteiger partial charge in [0.15, 0.2) is 0 Å². The summed E-state index contributed by atoms with van der Waals surface area (Å²) < 4.78 is 39.3. The summed E-state index contributed by atoms with van der Waals surface area (Å²) in [7, 11) is 3.15. The molecule has 0 radical (unpaired) electrons. The minimum absolute atomic E-state index is 0.174. The van der Waals surface area contributed by atoms with E-state index in [1.54, 1.807) is 14.2 Å². The molecule has 2 aromatic heterocycles. The highest BCUT2D eigenvalue weighted by atomic mass is 16.6. The number of carbonyl (C=O) groups excluding carboxylic acids is 2. The zero-order valence-corrected chi connectivity index (χ0v) is 41.2. The summed E-state index contributed by atoms with van der Waals surface area (Å²) in [4.78, 5) is 30.9. The Hall–Kier alpha value is -7.54. The second-order valence-electron chi connectivity index (χ2n) is 18.6. The SMILES string of the molecule is COc1cc(Cn2c(-c3ccc(OCCN4CCCC4)cc3)cc3ccccc32)ccc1COC(=O)C(=O)OCc1ccc(Cn2c(-c3ccc(OCCN4CCCC4)cc3)cc3ccccc32)cc1OC. The topological polar surface area (TPSA) is 106 Å². The highest BCUT2D eigenvalue weighted by molar-refractivity contribution is 6.29. The standard InChI is InChI=1S/C60H62N4O8/c1-67-57-35-43(39-63-53-13-5-3-11-47(53)37-55(63)45-19-23-51(24-20-45)69-33-31-61-27-7-8-28-61)15-17-49(57)41-71-59(65)60(66)72-42-50-18-16-44(36-58(50)68-2)40-64-54-14-6-4-12-48(54)38-56(64)46-21-25-52(26-22-46)70-34-32-62-29-9-10-30-62/h3-6,11-26,35-38H,7-10,27-34,39-42H2,1-2H3. The third-order valence-electron chi connectivity index (χ3n) is 13.9. The first-order valence-electron chi connectivity index (χ1n) is 25.1. The number of para-hydroxylation sites is 2. The molecule has 0 amide bonds. The summed E-state index contributed by atoms with van der Waals surface area (Å²) in [5.74, 6) is 0.602. The third kappa shape index (κ3) is 11.3. The van der Waals surface area contributed by atoms with E-state index < -0.39 is 11.9 Å². The van der Waals surface area contributed by atoms with Gasteiger partial charge in [-0.3, -0.25) is 9.80 Å². The molecule has 6 aromatic carbocycles. The molecule has 0 N–H and O–H groups in total. The number of hydrogen-bond donors (Lipinski definition) is 0. The van der Waals surface area contributed by atoms with Gasteiger partial charge in [-0.2, -0.15) is 0 Å². The van der Waals surface area contributed by atoms with Gasteiger partial charge in [-0.25, -0.2) is 9.59 Å². The Morgan fingerprint density at radius 3 is 1.28 bits per heavy atom. The van der Waals surface area contributed by atoms with Crippen molar-refractivity contribution in [3.05, 3.63) is 168 Å². The average molecular weight is 967 g/mol. The summed E-state index contributed by atoms with van der Waals surface area (Å²) in [6, 6.07) is 49.3. The molecular formula is C60H62N4O8. The molecule has 0 spiro atoms. The van der Waals surface area contributed by atoms with E-state index in [-0.39, 0.29) is 13.2 Å². The van der Waals surface area contributed by atoms with E-state index in [1.807, 2.05) is 84.9 Å². The maximum absolute atomic E-state index is 13.0. The molecule has 0 atom stereocenters. The molecule has 0 unspecified atom stereocenters. The van der Waals surface area contributed by atoms with Gasteiger partial charge >= 0.3 is 11.9 Å². The van der Waals surface area contributed by atoms with Crippen LogP contribution in [-0.4, -0.2) is 97.6 Å². The monoisotopic (exact) mass is 966 g/mol. The van der Waals surface area contributed by atoms with Crippen LogP contribution < -0.4 is 18.9 Å². The molecule has 0 saturated carbocycles. The number of methoxy groups -OCH3 is 2. The molecule has 12 nitrogen and oxygen atoms in total. The van der Waals surface area contributed by atoms with Gasteiger partial charge in [-0.15, -0.1) is 0 Å². The fourth-order valence-corrected chi connectivity index (χ4v) is 10.1. The van der Waals surface area contributed by atoms with Crippen LogP contribution in [0.4, 0.5) is 0 Å². The normalized spacial score (nSPS) is 14.0. The lowest BCUT2D eigenvalue weighted by Crippen LogP contribution is -2.25. The summed E-state index contributed by atoms with van der Waals surface area (Å²) in [5, 5.41) is 2.28. The molecule has 10 rings (SSSR count). The van der Waals surface area contributed by atoms with Gasteiger partial charge in [0.25, 0.3) is 0 Å². The smallest absolute Gasteiger partial charge is 0.417 e. The minimum Gasteiger partial charge on any atom is -0.496 e. The van der Waals surface area contributed by atoms with Crippen LogP contribution in [-0.2, 0) is 45.4 Å². The van der Waals surface area contributed by atoms with E-state index in [1.165, 1.54) is 25.7 Å². The predicted molar refractivity (Wildman–Crippen MR) is 281 cm³/mol. The Morgan fingerprint density at radius 2 is 0.875 bits per heavy atom. The number of benzene rings is 6. The van der Waals surface area contributed by atoms with Crippen LogP contribution in [0.3, 0.4) is 0 Å². The van der Waals surface area contributed by atoms with Gasteiger partial charge in [0.2, 0.25) is 0 Å². The molecule has 2 aliphatic heterocycles. The van der Waals surface area contributed by atoms with E-state index in [4.69, 9.17) is 28.4 Å². The summed E-state index contributed by atoms with van der Waals surface area (Å²) in [6.07, 6.45) is 5.08. The van der Waals surface area contributed by atoms with Crippen LogP contribution >= 0.6 is 0 Å². The van der Waals surface area contributed by atoms with Crippen LogP contribution in [0.1, 0.15) is 47.9 Å². The number of fused-ring (bicyclic) bond motifs is 2. The number of esters is 2. The number of hydrogen-bond acceptors (Lipinski definition) is 10. The van der Waals surface area contributed by atoms with Crippen LogP contribution in [0.2, 0.25) is 0 Å².